The van der Waals surface area contributed by atoms with E-state index in [1.165, 1.54) is 0 Å². The number of aliphatic hydroxyl groups is 1. The molecule has 0 spiro atoms. The third kappa shape index (κ3) is 6.27. The van der Waals surface area contributed by atoms with E-state index in [9.17, 15) is 4.79 Å². The Balaban J connectivity index is 2.44. The summed E-state index contributed by atoms with van der Waals surface area (Å²) in [5.74, 6) is 0.694. The lowest BCUT2D eigenvalue weighted by Gasteiger charge is -2.14. The number of carboxylic acid groups (broad SMARTS) is 1. The average Bonchev–Trinajstić information content (AvgIpc) is 2.46. The van der Waals surface area contributed by atoms with E-state index in [0.717, 1.165) is 11.3 Å². The van der Waals surface area contributed by atoms with E-state index in [2.05, 4.69) is 5.32 Å². The van der Waals surface area contributed by atoms with Crippen molar-refractivity contribution in [2.24, 2.45) is 0 Å². The van der Waals surface area contributed by atoms with Crippen LogP contribution in [0.5, 0.6) is 5.75 Å². The minimum absolute atomic E-state index is 0.0148. The number of aliphatic carboxylic acids is 1. The second-order valence-corrected chi connectivity index (χ2v) is 5.25. The predicted molar refractivity (Wildman–Crippen MR) is 80.3 cm³/mol. The zero-order chi connectivity index (χ0) is 14.8. The predicted octanol–water partition coefficient (Wildman–Crippen LogP) is 1.35. The van der Waals surface area contributed by atoms with Gasteiger partial charge >= 0.3 is 5.97 Å². The van der Waals surface area contributed by atoms with Crippen LogP contribution in [0.4, 0.5) is 0 Å². The Morgan fingerprint density at radius 2 is 2.10 bits per heavy atom. The van der Waals surface area contributed by atoms with E-state index in [-0.39, 0.29) is 13.2 Å². The number of carbonyl (C=O) groups is 1. The maximum atomic E-state index is 11.1. The molecular formula is C14H21NO4S. The van der Waals surface area contributed by atoms with Gasteiger partial charge in [0.05, 0.1) is 6.61 Å². The van der Waals surface area contributed by atoms with Gasteiger partial charge in [0.15, 0.2) is 0 Å². The lowest BCUT2D eigenvalue weighted by Crippen LogP contribution is -2.36. The van der Waals surface area contributed by atoms with E-state index in [4.69, 9.17) is 14.9 Å². The number of ether oxygens (including phenoxy) is 1. The summed E-state index contributed by atoms with van der Waals surface area (Å²) in [6.45, 7) is 0.762. The van der Waals surface area contributed by atoms with Gasteiger partial charge in [-0.1, -0.05) is 12.1 Å². The van der Waals surface area contributed by atoms with Crippen LogP contribution in [0, 0.1) is 0 Å². The van der Waals surface area contributed by atoms with E-state index in [0.29, 0.717) is 18.7 Å². The molecule has 0 heterocycles. The molecule has 0 amide bonds. The van der Waals surface area contributed by atoms with E-state index in [1.54, 1.807) is 11.8 Å². The van der Waals surface area contributed by atoms with Crippen LogP contribution in [0.3, 0.4) is 0 Å². The number of benzene rings is 1. The number of thioether (sulfide) groups is 1. The highest BCUT2D eigenvalue weighted by atomic mass is 32.2. The van der Waals surface area contributed by atoms with Crippen LogP contribution in [0.2, 0.25) is 0 Å². The zero-order valence-corrected chi connectivity index (χ0v) is 12.4. The number of hydrogen-bond donors (Lipinski definition) is 3. The van der Waals surface area contributed by atoms with Crippen molar-refractivity contribution in [3.8, 4) is 5.75 Å². The van der Waals surface area contributed by atoms with Crippen LogP contribution in [0.15, 0.2) is 24.3 Å². The van der Waals surface area contributed by atoms with Crippen molar-refractivity contribution in [3.05, 3.63) is 29.8 Å². The summed E-state index contributed by atoms with van der Waals surface area (Å²) in [7, 11) is 0. The first-order valence-electron chi connectivity index (χ1n) is 6.45. The molecule has 1 atom stereocenters. The van der Waals surface area contributed by atoms with Gasteiger partial charge in [-0.05, 0) is 36.1 Å². The molecule has 0 aliphatic heterocycles. The van der Waals surface area contributed by atoms with Crippen LogP contribution in [-0.2, 0) is 11.3 Å². The molecule has 0 aromatic heterocycles. The molecular weight excluding hydrogens is 278 g/mol. The first-order valence-corrected chi connectivity index (χ1v) is 7.84. The van der Waals surface area contributed by atoms with Crippen molar-refractivity contribution in [2.75, 3.05) is 25.2 Å². The number of carboxylic acids is 1. The van der Waals surface area contributed by atoms with E-state index in [1.807, 2.05) is 30.5 Å². The minimum atomic E-state index is -0.818. The lowest BCUT2D eigenvalue weighted by atomic mass is 10.2. The van der Waals surface area contributed by atoms with Crippen LogP contribution < -0.4 is 10.1 Å². The fourth-order valence-corrected chi connectivity index (χ4v) is 2.13. The Kier molecular flexibility index (Phi) is 8.10. The third-order valence-corrected chi connectivity index (χ3v) is 3.39. The van der Waals surface area contributed by atoms with Gasteiger partial charge in [0.2, 0.25) is 0 Å². The molecule has 6 heteroatoms. The van der Waals surface area contributed by atoms with Crippen molar-refractivity contribution in [1.82, 2.24) is 5.32 Å². The molecule has 5 nitrogen and oxygen atoms in total. The Morgan fingerprint density at radius 3 is 2.65 bits per heavy atom. The molecule has 3 N–H and O–H groups in total. The van der Waals surface area contributed by atoms with Crippen LogP contribution in [0.25, 0.3) is 0 Å². The summed E-state index contributed by atoms with van der Waals surface area (Å²) in [6.07, 6.45) is 2.57. The highest BCUT2D eigenvalue weighted by Gasteiger charge is 2.15. The molecule has 0 saturated heterocycles. The first-order chi connectivity index (χ1) is 9.67. The highest BCUT2D eigenvalue weighted by Crippen LogP contribution is 2.12. The summed E-state index contributed by atoms with van der Waals surface area (Å²) < 4.78 is 5.26. The molecule has 20 heavy (non-hydrogen) atoms. The zero-order valence-electron chi connectivity index (χ0n) is 11.5. The molecule has 0 unspecified atom stereocenters. The third-order valence-electron chi connectivity index (χ3n) is 2.74. The normalized spacial score (nSPS) is 12.1. The maximum Gasteiger partial charge on any atom is 0.320 e. The van der Waals surface area contributed by atoms with Crippen LogP contribution in [-0.4, -0.2) is 47.4 Å². The Bertz CT molecular complexity index is 397. The van der Waals surface area contributed by atoms with Gasteiger partial charge in [-0.2, -0.15) is 11.8 Å². The smallest absolute Gasteiger partial charge is 0.320 e. The van der Waals surface area contributed by atoms with Crippen LogP contribution in [0.1, 0.15) is 12.0 Å². The number of nitrogens with one attached hydrogen (secondary N) is 1. The summed E-state index contributed by atoms with van der Waals surface area (Å²) in [4.78, 5) is 11.1. The Labute approximate surface area is 123 Å². The molecule has 0 bridgehead atoms. The minimum Gasteiger partial charge on any atom is -0.491 e. The number of hydrogen-bond acceptors (Lipinski definition) is 5. The second kappa shape index (κ2) is 9.63. The van der Waals surface area contributed by atoms with Gasteiger partial charge in [0.25, 0.3) is 0 Å². The maximum absolute atomic E-state index is 11.1. The van der Waals surface area contributed by atoms with Crippen molar-refractivity contribution >= 4 is 17.7 Å². The molecule has 1 aromatic rings. The van der Waals surface area contributed by atoms with E-state index < -0.39 is 12.0 Å². The first kappa shape index (κ1) is 16.8. The second-order valence-electron chi connectivity index (χ2n) is 4.27. The molecule has 0 aliphatic carbocycles. The molecule has 0 radical (unpaired) electrons. The Morgan fingerprint density at radius 1 is 1.40 bits per heavy atom. The molecule has 1 rings (SSSR count). The fourth-order valence-electron chi connectivity index (χ4n) is 1.66. The average molecular weight is 299 g/mol. The van der Waals surface area contributed by atoms with Gasteiger partial charge in [0.1, 0.15) is 18.4 Å². The van der Waals surface area contributed by atoms with Gasteiger partial charge in [-0.3, -0.25) is 4.79 Å². The SMILES string of the molecule is CSCC[C@@H](NCc1ccc(OCCO)cc1)C(=O)O. The van der Waals surface area contributed by atoms with Gasteiger partial charge in [-0.15, -0.1) is 0 Å². The molecule has 0 aliphatic rings. The van der Waals surface area contributed by atoms with Crippen molar-refractivity contribution in [2.45, 2.75) is 19.0 Å². The standard InChI is InChI=1S/C14H21NO4S/c1-20-9-6-13(14(17)18)15-10-11-2-4-12(5-3-11)19-8-7-16/h2-5,13,15-16H,6-10H2,1H3,(H,17,18)/t13-/m1/s1. The van der Waals surface area contributed by atoms with Crippen molar-refractivity contribution in [3.63, 3.8) is 0 Å². The van der Waals surface area contributed by atoms with Crippen molar-refractivity contribution in [1.29, 1.82) is 0 Å². The van der Waals surface area contributed by atoms with Crippen LogP contribution >= 0.6 is 11.8 Å². The monoisotopic (exact) mass is 299 g/mol. The van der Waals surface area contributed by atoms with Gasteiger partial charge in [-0.25, -0.2) is 0 Å². The molecule has 112 valence electrons. The lowest BCUT2D eigenvalue weighted by molar-refractivity contribution is -0.139. The van der Waals surface area contributed by atoms with Crippen molar-refractivity contribution < 1.29 is 19.7 Å². The molecule has 1 aromatic carbocycles. The number of aliphatic hydroxyl groups excluding tert-OH is 1. The Hall–Kier alpha value is -1.24. The largest absolute Gasteiger partial charge is 0.491 e. The van der Waals surface area contributed by atoms with E-state index >= 15 is 0 Å². The van der Waals surface area contributed by atoms with Gasteiger partial charge in [0, 0.05) is 6.54 Å². The van der Waals surface area contributed by atoms with Gasteiger partial charge < -0.3 is 20.3 Å². The number of rotatable bonds is 10. The molecule has 0 saturated carbocycles. The quantitative estimate of drug-likeness (QED) is 0.605. The fraction of sp³-hybridized carbons (Fsp3) is 0.500. The summed E-state index contributed by atoms with van der Waals surface area (Å²) in [5.41, 5.74) is 0.997. The summed E-state index contributed by atoms with van der Waals surface area (Å²) in [5, 5.41) is 20.8. The summed E-state index contributed by atoms with van der Waals surface area (Å²) >= 11 is 1.64. The highest BCUT2D eigenvalue weighted by molar-refractivity contribution is 7.98. The topological polar surface area (TPSA) is 78.8 Å². The molecule has 0 fully saturated rings. The summed E-state index contributed by atoms with van der Waals surface area (Å²) in [6, 6.07) is 6.86.